The quantitative estimate of drug-likeness (QED) is 0.821. The first-order chi connectivity index (χ1) is 9.58. The lowest BCUT2D eigenvalue weighted by Crippen LogP contribution is -2.48. The Kier molecular flexibility index (Phi) is 4.29. The van der Waals surface area contributed by atoms with Crippen molar-refractivity contribution in [2.24, 2.45) is 0 Å². The van der Waals surface area contributed by atoms with Gasteiger partial charge in [0.05, 0.1) is 6.54 Å². The average molecular weight is 277 g/mol. The number of carbonyl (C=O) groups is 3. The molecule has 0 bridgehead atoms. The number of carbonyl (C=O) groups excluding carboxylic acids is 2. The maximum Gasteiger partial charge on any atom is 0.407 e. The summed E-state index contributed by atoms with van der Waals surface area (Å²) in [6.45, 7) is 0.282. The predicted molar refractivity (Wildman–Crippen MR) is 69.3 cm³/mol. The summed E-state index contributed by atoms with van der Waals surface area (Å²) in [5, 5.41) is 11.6. The van der Waals surface area contributed by atoms with Crippen LogP contribution in [0.3, 0.4) is 0 Å². The Labute approximate surface area is 115 Å². The van der Waals surface area contributed by atoms with Crippen molar-refractivity contribution in [3.05, 3.63) is 30.1 Å². The van der Waals surface area contributed by atoms with Crippen LogP contribution >= 0.6 is 0 Å². The summed E-state index contributed by atoms with van der Waals surface area (Å²) in [4.78, 5) is 39.9. The zero-order chi connectivity index (χ0) is 14.5. The summed E-state index contributed by atoms with van der Waals surface area (Å²) >= 11 is 0. The molecule has 0 aromatic carbocycles. The molecule has 0 radical (unpaired) electrons. The molecule has 7 heteroatoms. The Morgan fingerprint density at radius 3 is 2.85 bits per heavy atom. The van der Waals surface area contributed by atoms with E-state index in [1.807, 2.05) is 0 Å². The van der Waals surface area contributed by atoms with Gasteiger partial charge >= 0.3 is 6.09 Å². The summed E-state index contributed by atoms with van der Waals surface area (Å²) in [7, 11) is 0. The highest BCUT2D eigenvalue weighted by Gasteiger charge is 2.29. The molecule has 1 fully saturated rings. The van der Waals surface area contributed by atoms with Crippen molar-refractivity contribution in [3.8, 4) is 0 Å². The van der Waals surface area contributed by atoms with Crippen molar-refractivity contribution < 1.29 is 19.5 Å². The van der Waals surface area contributed by atoms with Crippen LogP contribution in [0.15, 0.2) is 24.4 Å². The van der Waals surface area contributed by atoms with E-state index in [-0.39, 0.29) is 24.4 Å². The monoisotopic (exact) mass is 277 g/mol. The Balaban J connectivity index is 2.07. The maximum atomic E-state index is 12.0. The summed E-state index contributed by atoms with van der Waals surface area (Å²) in [5.74, 6) is -0.630. The van der Waals surface area contributed by atoms with Gasteiger partial charge in [-0.3, -0.25) is 14.6 Å². The number of Topliss-reactive ketones (excluding diaryl/α,β-unsaturated/α-hetero) is 1. The molecule has 0 spiro atoms. The lowest BCUT2D eigenvalue weighted by Gasteiger charge is -2.21. The zero-order valence-electron chi connectivity index (χ0n) is 10.8. The molecule has 1 aliphatic rings. The summed E-state index contributed by atoms with van der Waals surface area (Å²) in [5.41, 5.74) is 0.200. The Hall–Kier alpha value is -2.44. The first kappa shape index (κ1) is 14.0. The number of hydrogen-bond acceptors (Lipinski definition) is 4. The topological polar surface area (TPSA) is 99.6 Å². The molecular formula is C13H15N3O4. The van der Waals surface area contributed by atoms with E-state index in [1.54, 1.807) is 12.1 Å². The predicted octanol–water partition coefficient (Wildman–Crippen LogP) is 0.523. The van der Waals surface area contributed by atoms with Gasteiger partial charge in [-0.1, -0.05) is 6.07 Å². The maximum absolute atomic E-state index is 12.0. The van der Waals surface area contributed by atoms with Gasteiger partial charge in [-0.25, -0.2) is 4.79 Å². The minimum Gasteiger partial charge on any atom is -0.465 e. The number of amides is 2. The molecule has 20 heavy (non-hydrogen) atoms. The van der Waals surface area contributed by atoms with Crippen LogP contribution < -0.4 is 5.32 Å². The number of nitrogens with zero attached hydrogens (tertiary/aromatic N) is 2. The minimum atomic E-state index is -1.09. The lowest BCUT2D eigenvalue weighted by atomic mass is 10.1. The fourth-order valence-corrected chi connectivity index (χ4v) is 2.06. The third kappa shape index (κ3) is 3.31. The van der Waals surface area contributed by atoms with Gasteiger partial charge in [0.2, 0.25) is 0 Å². The molecule has 2 rings (SSSR count). The van der Waals surface area contributed by atoms with Crippen LogP contribution in [0.25, 0.3) is 0 Å². The second kappa shape index (κ2) is 6.14. The Bertz CT molecular complexity index is 518. The summed E-state index contributed by atoms with van der Waals surface area (Å²) in [6.07, 6.45) is 1.13. The molecule has 1 aliphatic heterocycles. The van der Waals surface area contributed by atoms with Gasteiger partial charge in [0.25, 0.3) is 5.91 Å². The highest BCUT2D eigenvalue weighted by atomic mass is 16.4. The fraction of sp³-hybridized carbons (Fsp3) is 0.385. The molecule has 0 aliphatic carbocycles. The average Bonchev–Trinajstić information content (AvgIpc) is 2.62. The van der Waals surface area contributed by atoms with Crippen molar-refractivity contribution in [3.63, 3.8) is 0 Å². The van der Waals surface area contributed by atoms with E-state index in [9.17, 15) is 14.4 Å². The fourth-order valence-electron chi connectivity index (χ4n) is 2.06. The van der Waals surface area contributed by atoms with E-state index in [4.69, 9.17) is 5.11 Å². The molecule has 1 aromatic heterocycles. The SMILES string of the molecule is O=C(NC1CN(C(=O)O)CCCC1=O)c1ccccn1. The number of nitrogens with one attached hydrogen (secondary N) is 1. The van der Waals surface area contributed by atoms with E-state index in [0.29, 0.717) is 13.0 Å². The van der Waals surface area contributed by atoms with E-state index in [1.165, 1.54) is 12.3 Å². The molecule has 1 atom stereocenters. The Morgan fingerprint density at radius 1 is 1.40 bits per heavy atom. The van der Waals surface area contributed by atoms with E-state index in [2.05, 4.69) is 10.3 Å². The smallest absolute Gasteiger partial charge is 0.407 e. The van der Waals surface area contributed by atoms with Gasteiger partial charge in [-0.05, 0) is 18.6 Å². The molecule has 2 N–H and O–H groups in total. The number of rotatable bonds is 2. The van der Waals surface area contributed by atoms with E-state index >= 15 is 0 Å². The second-order valence-electron chi connectivity index (χ2n) is 4.54. The largest absolute Gasteiger partial charge is 0.465 e. The minimum absolute atomic E-state index is 0.0211. The van der Waals surface area contributed by atoms with Crippen LogP contribution in [0.2, 0.25) is 0 Å². The Morgan fingerprint density at radius 2 is 2.20 bits per heavy atom. The molecule has 2 heterocycles. The van der Waals surface area contributed by atoms with E-state index in [0.717, 1.165) is 4.90 Å². The summed E-state index contributed by atoms with van der Waals surface area (Å²) < 4.78 is 0. The van der Waals surface area contributed by atoms with Crippen LogP contribution in [0.5, 0.6) is 0 Å². The molecule has 106 valence electrons. The van der Waals surface area contributed by atoms with Crippen molar-refractivity contribution in [2.75, 3.05) is 13.1 Å². The van der Waals surface area contributed by atoms with Gasteiger partial charge < -0.3 is 15.3 Å². The third-order valence-electron chi connectivity index (χ3n) is 3.12. The molecule has 2 amide bonds. The number of carboxylic acid groups (broad SMARTS) is 1. The lowest BCUT2D eigenvalue weighted by molar-refractivity contribution is -0.120. The standard InChI is InChI=1S/C13H15N3O4/c17-11-5-3-7-16(13(19)20)8-10(11)15-12(18)9-4-1-2-6-14-9/h1-2,4,6,10H,3,5,7-8H2,(H,15,18)(H,19,20). The number of pyridine rings is 1. The summed E-state index contributed by atoms with van der Waals surface area (Å²) in [6, 6.07) is 4.06. The number of aromatic nitrogens is 1. The molecule has 7 nitrogen and oxygen atoms in total. The third-order valence-corrected chi connectivity index (χ3v) is 3.12. The van der Waals surface area contributed by atoms with E-state index < -0.39 is 18.0 Å². The van der Waals surface area contributed by atoms with Gasteiger partial charge in [0, 0.05) is 19.2 Å². The van der Waals surface area contributed by atoms with Crippen LogP contribution in [0, 0.1) is 0 Å². The number of hydrogen-bond donors (Lipinski definition) is 2. The van der Waals surface area contributed by atoms with Gasteiger partial charge in [0.1, 0.15) is 11.7 Å². The van der Waals surface area contributed by atoms with Crippen molar-refractivity contribution in [2.45, 2.75) is 18.9 Å². The number of likely N-dealkylation sites (tertiary alicyclic amines) is 1. The van der Waals surface area contributed by atoms with Crippen molar-refractivity contribution >= 4 is 17.8 Å². The molecule has 1 saturated heterocycles. The van der Waals surface area contributed by atoms with Gasteiger partial charge in [0.15, 0.2) is 5.78 Å². The van der Waals surface area contributed by atoms with Crippen LogP contribution in [0.4, 0.5) is 4.79 Å². The van der Waals surface area contributed by atoms with Gasteiger partial charge in [-0.15, -0.1) is 0 Å². The number of ketones is 1. The second-order valence-corrected chi connectivity index (χ2v) is 4.54. The first-order valence-corrected chi connectivity index (χ1v) is 6.30. The molecule has 1 aromatic rings. The molecule has 1 unspecified atom stereocenters. The van der Waals surface area contributed by atoms with Crippen LogP contribution in [0.1, 0.15) is 23.3 Å². The van der Waals surface area contributed by atoms with Crippen LogP contribution in [-0.4, -0.2) is 51.9 Å². The molecule has 0 saturated carbocycles. The molecular weight excluding hydrogens is 262 g/mol. The van der Waals surface area contributed by atoms with Crippen LogP contribution in [-0.2, 0) is 4.79 Å². The normalized spacial score (nSPS) is 19.3. The zero-order valence-corrected chi connectivity index (χ0v) is 10.8. The highest BCUT2D eigenvalue weighted by molar-refractivity contribution is 5.96. The highest BCUT2D eigenvalue weighted by Crippen LogP contribution is 2.09. The van der Waals surface area contributed by atoms with Gasteiger partial charge in [-0.2, -0.15) is 0 Å². The van der Waals surface area contributed by atoms with Crippen molar-refractivity contribution in [1.82, 2.24) is 15.2 Å². The first-order valence-electron chi connectivity index (χ1n) is 6.30. The van der Waals surface area contributed by atoms with Crippen molar-refractivity contribution in [1.29, 1.82) is 0 Å².